The van der Waals surface area contributed by atoms with E-state index < -0.39 is 22.0 Å². The molecule has 1 atom stereocenters. The van der Waals surface area contributed by atoms with E-state index in [0.29, 0.717) is 16.5 Å². The molecule has 1 aromatic carbocycles. The predicted octanol–water partition coefficient (Wildman–Crippen LogP) is 1.02. The van der Waals surface area contributed by atoms with Crippen LogP contribution in [0.1, 0.15) is 5.56 Å². The van der Waals surface area contributed by atoms with Crippen molar-refractivity contribution >= 4 is 26.9 Å². The fourth-order valence-electron chi connectivity index (χ4n) is 2.76. The first-order chi connectivity index (χ1) is 10.9. The average Bonchev–Trinajstić information content (AvgIpc) is 2.54. The van der Waals surface area contributed by atoms with Gasteiger partial charge >= 0.3 is 5.97 Å². The lowest BCUT2D eigenvalue weighted by Crippen LogP contribution is -2.52. The zero-order valence-corrected chi connectivity index (χ0v) is 13.3. The highest BCUT2D eigenvalue weighted by Gasteiger charge is 2.39. The van der Waals surface area contributed by atoms with Crippen LogP contribution >= 0.6 is 0 Å². The Hall–Kier alpha value is -2.03. The van der Waals surface area contributed by atoms with Crippen molar-refractivity contribution in [3.63, 3.8) is 0 Å². The number of ether oxygens (including phenoxy) is 1. The Kier molecular flexibility index (Phi) is 4.05. The van der Waals surface area contributed by atoms with Crippen molar-refractivity contribution in [3.8, 4) is 0 Å². The standard InChI is InChI=1S/C15H16N2O5S/c1-10-4-5-12-11(3-2-6-16-12)14(10)23(20,21)17-7-8-22-9-13(17)15(18)19/h2-6,13H,7-9H2,1H3,(H,18,19). The van der Waals surface area contributed by atoms with E-state index in [9.17, 15) is 18.3 Å². The minimum Gasteiger partial charge on any atom is -0.480 e. The quantitative estimate of drug-likeness (QED) is 0.899. The molecule has 2 aromatic rings. The highest BCUT2D eigenvalue weighted by Crippen LogP contribution is 2.30. The number of sulfonamides is 1. The number of hydrogen-bond acceptors (Lipinski definition) is 5. The Morgan fingerprint density at radius 1 is 1.39 bits per heavy atom. The van der Waals surface area contributed by atoms with E-state index in [1.807, 2.05) is 0 Å². The molecule has 1 saturated heterocycles. The highest BCUT2D eigenvalue weighted by atomic mass is 32.2. The fourth-order valence-corrected chi connectivity index (χ4v) is 4.73. The molecule has 1 aromatic heterocycles. The van der Waals surface area contributed by atoms with Gasteiger partial charge in [0.25, 0.3) is 0 Å². The topological polar surface area (TPSA) is 96.8 Å². The summed E-state index contributed by atoms with van der Waals surface area (Å²) in [6, 6.07) is 5.55. The predicted molar refractivity (Wildman–Crippen MR) is 82.6 cm³/mol. The van der Waals surface area contributed by atoms with Gasteiger partial charge in [0, 0.05) is 18.1 Å². The van der Waals surface area contributed by atoms with Gasteiger partial charge in [-0.25, -0.2) is 8.42 Å². The summed E-state index contributed by atoms with van der Waals surface area (Å²) in [5.41, 5.74) is 1.11. The molecular weight excluding hydrogens is 320 g/mol. The van der Waals surface area contributed by atoms with Gasteiger partial charge in [-0.05, 0) is 30.7 Å². The smallest absolute Gasteiger partial charge is 0.324 e. The van der Waals surface area contributed by atoms with Crippen molar-refractivity contribution in [1.29, 1.82) is 0 Å². The summed E-state index contributed by atoms with van der Waals surface area (Å²) in [6.07, 6.45) is 1.59. The number of rotatable bonds is 3. The van der Waals surface area contributed by atoms with Gasteiger partial charge in [0.1, 0.15) is 6.04 Å². The molecule has 1 aliphatic heterocycles. The molecule has 1 aliphatic rings. The first-order valence-electron chi connectivity index (χ1n) is 7.09. The van der Waals surface area contributed by atoms with Crippen LogP contribution in [0.25, 0.3) is 10.9 Å². The summed E-state index contributed by atoms with van der Waals surface area (Å²) in [6.45, 7) is 1.71. The summed E-state index contributed by atoms with van der Waals surface area (Å²) in [7, 11) is -3.98. The third kappa shape index (κ3) is 2.69. The monoisotopic (exact) mass is 336 g/mol. The van der Waals surface area contributed by atoms with Crippen LogP contribution in [0.2, 0.25) is 0 Å². The number of fused-ring (bicyclic) bond motifs is 1. The molecule has 3 rings (SSSR count). The molecule has 122 valence electrons. The van der Waals surface area contributed by atoms with E-state index in [-0.39, 0.29) is 24.7 Å². The van der Waals surface area contributed by atoms with Crippen molar-refractivity contribution in [3.05, 3.63) is 36.0 Å². The molecule has 1 N–H and O–H groups in total. The molecule has 0 amide bonds. The van der Waals surface area contributed by atoms with Crippen molar-refractivity contribution in [2.75, 3.05) is 19.8 Å². The van der Waals surface area contributed by atoms with Gasteiger partial charge in [0.05, 0.1) is 23.6 Å². The number of aliphatic carboxylic acids is 1. The van der Waals surface area contributed by atoms with E-state index in [2.05, 4.69) is 4.98 Å². The first kappa shape index (κ1) is 15.9. The molecule has 0 radical (unpaired) electrons. The number of carbonyl (C=O) groups is 1. The molecule has 1 unspecified atom stereocenters. The molecule has 7 nitrogen and oxygen atoms in total. The fraction of sp³-hybridized carbons (Fsp3) is 0.333. The lowest BCUT2D eigenvalue weighted by atomic mass is 10.1. The third-order valence-corrected chi connectivity index (χ3v) is 5.98. The number of carboxylic acids is 1. The Morgan fingerprint density at radius 2 is 2.17 bits per heavy atom. The van der Waals surface area contributed by atoms with Crippen LogP contribution in [-0.2, 0) is 19.6 Å². The maximum absolute atomic E-state index is 13.1. The highest BCUT2D eigenvalue weighted by molar-refractivity contribution is 7.89. The largest absolute Gasteiger partial charge is 0.480 e. The number of aromatic nitrogens is 1. The van der Waals surface area contributed by atoms with Crippen molar-refractivity contribution in [2.24, 2.45) is 0 Å². The maximum Gasteiger partial charge on any atom is 0.324 e. The number of hydrogen-bond donors (Lipinski definition) is 1. The van der Waals surface area contributed by atoms with E-state index in [0.717, 1.165) is 4.31 Å². The van der Waals surface area contributed by atoms with Gasteiger partial charge in [-0.2, -0.15) is 4.31 Å². The molecule has 8 heteroatoms. The number of pyridine rings is 1. The zero-order valence-electron chi connectivity index (χ0n) is 12.5. The number of aryl methyl sites for hydroxylation is 1. The van der Waals surface area contributed by atoms with Crippen LogP contribution in [0.4, 0.5) is 0 Å². The van der Waals surface area contributed by atoms with Crippen molar-refractivity contribution in [1.82, 2.24) is 9.29 Å². The molecule has 0 saturated carbocycles. The lowest BCUT2D eigenvalue weighted by molar-refractivity contribution is -0.146. The second kappa shape index (κ2) is 5.88. The second-order valence-corrected chi connectivity index (χ2v) is 7.15. The molecule has 2 heterocycles. The third-order valence-electron chi connectivity index (χ3n) is 3.86. The van der Waals surface area contributed by atoms with Gasteiger partial charge in [0.15, 0.2) is 0 Å². The molecule has 23 heavy (non-hydrogen) atoms. The lowest BCUT2D eigenvalue weighted by Gasteiger charge is -2.32. The minimum absolute atomic E-state index is 0.00932. The van der Waals surface area contributed by atoms with E-state index in [1.165, 1.54) is 0 Å². The Morgan fingerprint density at radius 3 is 2.91 bits per heavy atom. The molecule has 0 bridgehead atoms. The average molecular weight is 336 g/mol. The minimum atomic E-state index is -3.98. The summed E-state index contributed by atoms with van der Waals surface area (Å²) < 4.78 is 32.4. The Balaban J connectivity index is 2.20. The van der Waals surface area contributed by atoms with E-state index in [1.54, 1.807) is 37.4 Å². The van der Waals surface area contributed by atoms with Crippen LogP contribution in [0.15, 0.2) is 35.4 Å². The summed E-state index contributed by atoms with van der Waals surface area (Å²) >= 11 is 0. The van der Waals surface area contributed by atoms with Gasteiger partial charge in [-0.1, -0.05) is 6.07 Å². The number of morpholine rings is 1. The Labute approximate surface area is 133 Å². The summed E-state index contributed by atoms with van der Waals surface area (Å²) in [5.74, 6) is -1.22. The summed E-state index contributed by atoms with van der Waals surface area (Å²) in [5, 5.41) is 9.79. The zero-order chi connectivity index (χ0) is 16.6. The molecule has 0 aliphatic carbocycles. The number of carboxylic acid groups (broad SMARTS) is 1. The van der Waals surface area contributed by atoms with Crippen LogP contribution < -0.4 is 0 Å². The summed E-state index contributed by atoms with van der Waals surface area (Å²) in [4.78, 5) is 15.7. The SMILES string of the molecule is Cc1ccc2ncccc2c1S(=O)(=O)N1CCOCC1C(=O)O. The van der Waals surface area contributed by atoms with Crippen LogP contribution in [0.3, 0.4) is 0 Å². The second-order valence-electron chi connectivity index (χ2n) is 5.33. The van der Waals surface area contributed by atoms with Gasteiger partial charge in [-0.15, -0.1) is 0 Å². The van der Waals surface area contributed by atoms with Gasteiger partial charge < -0.3 is 9.84 Å². The van der Waals surface area contributed by atoms with Crippen LogP contribution in [0, 0.1) is 6.92 Å². The molecule has 0 spiro atoms. The number of nitrogens with zero attached hydrogens (tertiary/aromatic N) is 2. The maximum atomic E-state index is 13.1. The van der Waals surface area contributed by atoms with E-state index >= 15 is 0 Å². The molecule has 1 fully saturated rings. The Bertz CT molecular complexity index is 865. The van der Waals surface area contributed by atoms with Crippen molar-refractivity contribution < 1.29 is 23.1 Å². The first-order valence-corrected chi connectivity index (χ1v) is 8.53. The van der Waals surface area contributed by atoms with Gasteiger partial charge in [0.2, 0.25) is 10.0 Å². The van der Waals surface area contributed by atoms with Gasteiger partial charge in [-0.3, -0.25) is 9.78 Å². The van der Waals surface area contributed by atoms with E-state index in [4.69, 9.17) is 4.74 Å². The molecular formula is C15H16N2O5S. The van der Waals surface area contributed by atoms with Crippen LogP contribution in [0.5, 0.6) is 0 Å². The number of benzene rings is 1. The van der Waals surface area contributed by atoms with Crippen molar-refractivity contribution in [2.45, 2.75) is 17.9 Å². The van der Waals surface area contributed by atoms with Crippen LogP contribution in [-0.4, -0.2) is 54.6 Å². The normalized spacial score (nSPS) is 19.8.